The van der Waals surface area contributed by atoms with Crippen molar-refractivity contribution in [3.05, 3.63) is 128 Å². The molecule has 2 amide bonds. The van der Waals surface area contributed by atoms with Gasteiger partial charge in [-0.05, 0) is 82.5 Å². The van der Waals surface area contributed by atoms with E-state index in [9.17, 15) is 27.6 Å². The monoisotopic (exact) mass is 728 g/mol. The number of ether oxygens (including phenoxy) is 1. The first-order valence-electron chi connectivity index (χ1n) is 14.2. The number of fused-ring (bicyclic) bond motifs is 1. The molecule has 242 valence electrons. The third kappa shape index (κ3) is 6.56. The lowest BCUT2D eigenvalue weighted by Crippen LogP contribution is -2.45. The maximum Gasteiger partial charge on any atom is 0.422 e. The van der Waals surface area contributed by atoms with Crippen molar-refractivity contribution in [3.8, 4) is 17.1 Å². The van der Waals surface area contributed by atoms with E-state index in [0.717, 1.165) is 15.8 Å². The lowest BCUT2D eigenvalue weighted by molar-refractivity contribution is -0.153. The summed E-state index contributed by atoms with van der Waals surface area (Å²) < 4.78 is 47.7. The molecule has 1 aliphatic heterocycles. The topological polar surface area (TPSA) is 117 Å². The zero-order valence-electron chi connectivity index (χ0n) is 24.3. The first kappa shape index (κ1) is 32.1. The highest BCUT2D eigenvalue weighted by molar-refractivity contribution is 9.10. The van der Waals surface area contributed by atoms with E-state index in [2.05, 4.69) is 21.0 Å². The highest BCUT2D eigenvalue weighted by Crippen LogP contribution is 2.31. The molecule has 3 heterocycles. The number of carbonyl (C=O) groups excluding carboxylic acids is 2. The second-order valence-electron chi connectivity index (χ2n) is 10.8. The smallest absolute Gasteiger partial charge is 0.422 e. The summed E-state index contributed by atoms with van der Waals surface area (Å²) in [6.07, 6.45) is -0.844. The summed E-state index contributed by atoms with van der Waals surface area (Å²) in [7, 11) is 0. The minimum absolute atomic E-state index is 0.0817. The molecule has 0 saturated carbocycles. The Hall–Kier alpha value is -4.82. The van der Waals surface area contributed by atoms with Gasteiger partial charge in [-0.2, -0.15) is 18.3 Å². The summed E-state index contributed by atoms with van der Waals surface area (Å²) in [5.41, 5.74) is 7.39. The number of aromatic nitrogens is 4. The fourth-order valence-electron chi connectivity index (χ4n) is 5.71. The lowest BCUT2D eigenvalue weighted by atomic mass is 10.0. The molecule has 1 aliphatic rings. The van der Waals surface area contributed by atoms with Crippen LogP contribution in [0.15, 0.2) is 94.5 Å². The summed E-state index contributed by atoms with van der Waals surface area (Å²) in [6, 6.07) is 18.6. The van der Waals surface area contributed by atoms with Crippen LogP contribution in [0, 0.1) is 0 Å². The molecular formula is C32H25BrClF3N6O4. The van der Waals surface area contributed by atoms with Crippen molar-refractivity contribution in [3.63, 3.8) is 0 Å². The van der Waals surface area contributed by atoms with Gasteiger partial charge in [0.1, 0.15) is 11.4 Å². The van der Waals surface area contributed by atoms with Crippen LogP contribution >= 0.6 is 27.5 Å². The van der Waals surface area contributed by atoms with Crippen LogP contribution in [0.5, 0.6) is 5.75 Å². The maximum atomic E-state index is 14.2. The van der Waals surface area contributed by atoms with Gasteiger partial charge in [-0.15, -0.1) is 0 Å². The normalized spacial score (nSPS) is 14.6. The number of nitrogens with two attached hydrogens (primary N) is 1. The summed E-state index contributed by atoms with van der Waals surface area (Å²) >= 11 is 9.62. The van der Waals surface area contributed by atoms with Crippen LogP contribution in [0.25, 0.3) is 11.4 Å². The third-order valence-electron chi connectivity index (χ3n) is 7.70. The van der Waals surface area contributed by atoms with Gasteiger partial charge in [0.15, 0.2) is 6.61 Å². The van der Waals surface area contributed by atoms with Gasteiger partial charge in [0.05, 0.1) is 34.7 Å². The van der Waals surface area contributed by atoms with Crippen LogP contribution in [-0.4, -0.2) is 55.0 Å². The zero-order chi connectivity index (χ0) is 33.5. The van der Waals surface area contributed by atoms with E-state index in [1.807, 2.05) is 24.3 Å². The number of imidazole rings is 1. The van der Waals surface area contributed by atoms with Crippen LogP contribution in [0.4, 0.5) is 13.2 Å². The Labute approximate surface area is 278 Å². The summed E-state index contributed by atoms with van der Waals surface area (Å²) in [6.45, 7) is -1.52. The highest BCUT2D eigenvalue weighted by atomic mass is 79.9. The van der Waals surface area contributed by atoms with E-state index >= 15 is 0 Å². The Morgan fingerprint density at radius 3 is 2.47 bits per heavy atom. The summed E-state index contributed by atoms with van der Waals surface area (Å²) in [4.78, 5) is 42.6. The SMILES string of the molecule is NC(=O)c1c2n(c(=O)n1-c1ccc(OCC(F)(F)F)cc1)C(Cc1ccccc1-n1cccn1)CN(C(=O)c1ccc(Br)c(Cl)c1)C2. The number of para-hydroxylation sites is 1. The van der Waals surface area contributed by atoms with E-state index in [0.29, 0.717) is 15.1 Å². The van der Waals surface area contributed by atoms with Gasteiger partial charge in [-0.25, -0.2) is 9.48 Å². The fraction of sp³-hybridized carbons (Fsp3) is 0.188. The highest BCUT2D eigenvalue weighted by Gasteiger charge is 2.37. The van der Waals surface area contributed by atoms with E-state index < -0.39 is 30.4 Å². The number of amides is 2. The molecule has 47 heavy (non-hydrogen) atoms. The van der Waals surface area contributed by atoms with Crippen molar-refractivity contribution in [1.82, 2.24) is 23.8 Å². The second kappa shape index (κ2) is 12.8. The van der Waals surface area contributed by atoms with Crippen LogP contribution in [-0.2, 0) is 13.0 Å². The van der Waals surface area contributed by atoms with Crippen LogP contribution in [0.1, 0.15) is 38.1 Å². The van der Waals surface area contributed by atoms with Gasteiger partial charge < -0.3 is 15.4 Å². The molecule has 2 aromatic heterocycles. The molecule has 0 aliphatic carbocycles. The minimum Gasteiger partial charge on any atom is -0.484 e. The lowest BCUT2D eigenvalue weighted by Gasteiger charge is -2.35. The molecule has 2 N–H and O–H groups in total. The number of carbonyl (C=O) groups is 2. The number of halogens is 5. The van der Waals surface area contributed by atoms with Crippen molar-refractivity contribution in [1.29, 1.82) is 0 Å². The Morgan fingerprint density at radius 2 is 1.81 bits per heavy atom. The van der Waals surface area contributed by atoms with Gasteiger partial charge >= 0.3 is 11.9 Å². The average molecular weight is 730 g/mol. The number of hydrogen-bond acceptors (Lipinski definition) is 5. The van der Waals surface area contributed by atoms with Crippen LogP contribution in [0.2, 0.25) is 5.02 Å². The molecule has 1 atom stereocenters. The fourth-order valence-corrected chi connectivity index (χ4v) is 6.14. The molecule has 0 saturated heterocycles. The summed E-state index contributed by atoms with van der Waals surface area (Å²) in [5.74, 6) is -1.38. The van der Waals surface area contributed by atoms with E-state index in [1.54, 1.807) is 35.3 Å². The number of hydrogen-bond donors (Lipinski definition) is 1. The van der Waals surface area contributed by atoms with Gasteiger partial charge in [0.2, 0.25) is 0 Å². The first-order chi connectivity index (χ1) is 22.4. The van der Waals surface area contributed by atoms with Crippen molar-refractivity contribution in [2.75, 3.05) is 13.2 Å². The maximum absolute atomic E-state index is 14.2. The Balaban J connectivity index is 1.46. The second-order valence-corrected chi connectivity index (χ2v) is 12.1. The molecule has 10 nitrogen and oxygen atoms in total. The molecule has 0 radical (unpaired) electrons. The average Bonchev–Trinajstić information content (AvgIpc) is 3.68. The standard InChI is InChI=1S/C32H25BrClF3N6O4/c33-24-11-6-20(15-25(24)34)30(45)40-16-22(14-19-4-1-2-5-26(19)41-13-3-12-39-41)42-27(17-40)28(29(38)44)43(31(42)46)21-7-9-23(10-8-21)47-18-32(35,36)37/h1-13,15,22H,14,16-18H2,(H2,38,44). The molecule has 0 spiro atoms. The number of alkyl halides is 3. The molecule has 6 rings (SSSR count). The van der Waals surface area contributed by atoms with Crippen molar-refractivity contribution in [2.45, 2.75) is 25.2 Å². The van der Waals surface area contributed by atoms with Gasteiger partial charge in [-0.1, -0.05) is 29.8 Å². The molecule has 0 fully saturated rings. The zero-order valence-corrected chi connectivity index (χ0v) is 26.7. The Bertz CT molecular complexity index is 2030. The van der Waals surface area contributed by atoms with Crippen molar-refractivity contribution >= 4 is 39.3 Å². The largest absolute Gasteiger partial charge is 0.484 e. The van der Waals surface area contributed by atoms with E-state index in [-0.39, 0.29) is 48.2 Å². The van der Waals surface area contributed by atoms with Crippen molar-refractivity contribution < 1.29 is 27.5 Å². The number of primary amides is 1. The molecule has 5 aromatic rings. The van der Waals surface area contributed by atoms with Crippen LogP contribution < -0.4 is 16.2 Å². The quantitative estimate of drug-likeness (QED) is 0.219. The van der Waals surface area contributed by atoms with Crippen molar-refractivity contribution in [2.24, 2.45) is 5.73 Å². The minimum atomic E-state index is -4.54. The molecule has 15 heteroatoms. The van der Waals surface area contributed by atoms with Gasteiger partial charge in [-0.3, -0.25) is 18.7 Å². The predicted octanol–water partition coefficient (Wildman–Crippen LogP) is 5.72. The third-order valence-corrected chi connectivity index (χ3v) is 8.94. The first-order valence-corrected chi connectivity index (χ1v) is 15.4. The van der Waals surface area contributed by atoms with Gasteiger partial charge in [0.25, 0.3) is 11.8 Å². The van der Waals surface area contributed by atoms with Gasteiger partial charge in [0, 0.05) is 29.0 Å². The number of benzene rings is 3. The van der Waals surface area contributed by atoms with Crippen LogP contribution in [0.3, 0.4) is 0 Å². The Kier molecular flexibility index (Phi) is 8.72. The number of nitrogens with zero attached hydrogens (tertiary/aromatic N) is 5. The molecule has 3 aromatic carbocycles. The predicted molar refractivity (Wildman–Crippen MR) is 170 cm³/mol. The number of rotatable bonds is 8. The Morgan fingerprint density at radius 1 is 1.06 bits per heavy atom. The summed E-state index contributed by atoms with van der Waals surface area (Å²) in [5, 5.41) is 4.68. The van der Waals surface area contributed by atoms with E-state index in [1.165, 1.54) is 39.8 Å². The van der Waals surface area contributed by atoms with E-state index in [4.69, 9.17) is 22.1 Å². The molecular weight excluding hydrogens is 705 g/mol. The molecule has 0 bridgehead atoms. The molecule has 1 unspecified atom stereocenters.